The number of carbonyl (C=O) groups excluding carboxylic acids is 1. The molecule has 0 radical (unpaired) electrons. The average molecular weight is 609 g/mol. The van der Waals surface area contributed by atoms with Gasteiger partial charge < -0.3 is 9.64 Å². The molecule has 15 heteroatoms. The fourth-order valence-electron chi connectivity index (χ4n) is 5.31. The van der Waals surface area contributed by atoms with Crippen molar-refractivity contribution in [1.29, 1.82) is 0 Å². The molecule has 2 aromatic carbocycles. The molecule has 1 amide bonds. The third-order valence-electron chi connectivity index (χ3n) is 7.80. The molecule has 2 fully saturated rings. The summed E-state index contributed by atoms with van der Waals surface area (Å²) in [7, 11) is -4.06. The van der Waals surface area contributed by atoms with E-state index in [-0.39, 0.29) is 29.3 Å². The summed E-state index contributed by atoms with van der Waals surface area (Å²) >= 11 is 0. The zero-order valence-electron chi connectivity index (χ0n) is 22.6. The monoisotopic (exact) mass is 608 g/mol. The van der Waals surface area contributed by atoms with Gasteiger partial charge in [-0.3, -0.25) is 10.0 Å². The number of benzene rings is 2. The van der Waals surface area contributed by atoms with Gasteiger partial charge in [0, 0.05) is 24.7 Å². The molecule has 1 saturated heterocycles. The van der Waals surface area contributed by atoms with E-state index < -0.39 is 26.9 Å². The number of hydroxylamine groups is 1. The highest BCUT2D eigenvalue weighted by molar-refractivity contribution is 7.93. The second kappa shape index (κ2) is 12.0. The zero-order valence-corrected chi connectivity index (χ0v) is 23.4. The molecule has 2 N–H and O–H groups in total. The molecule has 0 spiro atoms. The molecule has 1 aromatic heterocycles. The Morgan fingerprint density at radius 1 is 1.05 bits per heavy atom. The molecular weight excluding hydrogens is 577 g/mol. The molecule has 0 bridgehead atoms. The Hall–Kier alpha value is -3.56. The summed E-state index contributed by atoms with van der Waals surface area (Å²) in [4.78, 5) is 16.4. The van der Waals surface area contributed by atoms with Crippen LogP contribution in [0.2, 0.25) is 0 Å². The Labute approximate surface area is 240 Å². The van der Waals surface area contributed by atoms with E-state index in [1.165, 1.54) is 41.2 Å². The number of unbranched alkanes of at least 4 members (excludes halogenated alkanes) is 1. The van der Waals surface area contributed by atoms with E-state index in [9.17, 15) is 31.6 Å². The molecule has 2 aliphatic rings. The second-order valence-electron chi connectivity index (χ2n) is 10.6. The first-order valence-corrected chi connectivity index (χ1v) is 15.2. The van der Waals surface area contributed by atoms with Gasteiger partial charge in [0.15, 0.2) is 14.6 Å². The van der Waals surface area contributed by atoms with Crippen molar-refractivity contribution in [2.24, 2.45) is 0 Å². The number of hydrogen-bond donors (Lipinski definition) is 2. The summed E-state index contributed by atoms with van der Waals surface area (Å²) in [6.07, 6.45) is -0.230. The Balaban J connectivity index is 1.14. The molecule has 0 unspecified atom stereocenters. The Kier molecular flexibility index (Phi) is 8.53. The number of rotatable bonds is 11. The molecule has 5 rings (SSSR count). The van der Waals surface area contributed by atoms with Gasteiger partial charge >= 0.3 is 6.36 Å². The van der Waals surface area contributed by atoms with Crippen LogP contribution in [0.1, 0.15) is 44.1 Å². The number of sulfone groups is 1. The topological polar surface area (TPSA) is 140 Å². The van der Waals surface area contributed by atoms with E-state index in [1.54, 1.807) is 17.6 Å². The third-order valence-corrected chi connectivity index (χ3v) is 10.3. The number of carbonyl (C=O) groups is 1. The van der Waals surface area contributed by atoms with Crippen LogP contribution in [0.25, 0.3) is 11.4 Å². The largest absolute Gasteiger partial charge is 0.573 e. The summed E-state index contributed by atoms with van der Waals surface area (Å²) in [5, 5.41) is 21.6. The number of aromatic nitrogens is 4. The number of tetrazole rings is 1. The van der Waals surface area contributed by atoms with Crippen LogP contribution in [-0.2, 0) is 27.6 Å². The number of aryl methyl sites for hydroxylation is 2. The molecule has 11 nitrogen and oxygen atoms in total. The SMILES string of the molecule is O=C(NO)C1(S(=O)(=O)c2ccc(CCCCn3nnc(-c4ccc(OC(F)(F)F)cc4)n3)cc2)CCN(C2CC2)CC1. The molecule has 1 aliphatic carbocycles. The first-order valence-electron chi connectivity index (χ1n) is 13.7. The predicted octanol–water partition coefficient (Wildman–Crippen LogP) is 3.54. The lowest BCUT2D eigenvalue weighted by molar-refractivity contribution is -0.274. The van der Waals surface area contributed by atoms with Gasteiger partial charge in [-0.15, -0.1) is 23.4 Å². The quantitative estimate of drug-likeness (QED) is 0.190. The molecule has 226 valence electrons. The smallest absolute Gasteiger partial charge is 0.406 e. The van der Waals surface area contributed by atoms with Gasteiger partial charge in [0.25, 0.3) is 5.91 Å². The van der Waals surface area contributed by atoms with Crippen LogP contribution in [0.3, 0.4) is 0 Å². The number of likely N-dealkylation sites (tertiary alicyclic amines) is 1. The van der Waals surface area contributed by atoms with Crippen LogP contribution in [0, 0.1) is 0 Å². The minimum absolute atomic E-state index is 0.0482. The minimum Gasteiger partial charge on any atom is -0.406 e. The third kappa shape index (κ3) is 6.57. The fourth-order valence-corrected chi connectivity index (χ4v) is 7.27. The summed E-state index contributed by atoms with van der Waals surface area (Å²) in [6, 6.07) is 12.2. The van der Waals surface area contributed by atoms with Gasteiger partial charge in [0.2, 0.25) is 5.82 Å². The van der Waals surface area contributed by atoms with E-state index >= 15 is 0 Å². The van der Waals surface area contributed by atoms with Crippen LogP contribution in [-0.4, -0.2) is 74.9 Å². The van der Waals surface area contributed by atoms with Crippen LogP contribution in [0.5, 0.6) is 5.75 Å². The maximum atomic E-state index is 13.6. The first-order chi connectivity index (χ1) is 20.0. The summed E-state index contributed by atoms with van der Waals surface area (Å²) in [6.45, 7) is 1.44. The number of hydrogen-bond acceptors (Lipinski definition) is 9. The molecule has 2 heterocycles. The van der Waals surface area contributed by atoms with Crippen molar-refractivity contribution in [3.8, 4) is 17.1 Å². The van der Waals surface area contributed by atoms with E-state index in [0.29, 0.717) is 44.1 Å². The van der Waals surface area contributed by atoms with Crippen molar-refractivity contribution < 1.29 is 36.3 Å². The zero-order chi connectivity index (χ0) is 30.0. The number of amides is 1. The maximum Gasteiger partial charge on any atom is 0.573 e. The Morgan fingerprint density at radius 3 is 2.31 bits per heavy atom. The lowest BCUT2D eigenvalue weighted by Crippen LogP contribution is -2.58. The summed E-state index contributed by atoms with van der Waals surface area (Å²) < 4.78 is 66.5. The highest BCUT2D eigenvalue weighted by Gasteiger charge is 2.54. The minimum atomic E-state index is -4.77. The summed E-state index contributed by atoms with van der Waals surface area (Å²) in [5.41, 5.74) is 3.02. The molecule has 1 aliphatic heterocycles. The number of nitrogens with zero attached hydrogens (tertiary/aromatic N) is 5. The highest BCUT2D eigenvalue weighted by Crippen LogP contribution is 2.39. The fraction of sp³-hybridized carbons (Fsp3) is 0.481. The number of nitrogens with one attached hydrogen (secondary N) is 1. The Bertz CT molecular complexity index is 1480. The average Bonchev–Trinajstić information content (AvgIpc) is 3.72. The Morgan fingerprint density at radius 2 is 1.71 bits per heavy atom. The van der Waals surface area contributed by atoms with Crippen molar-refractivity contribution >= 4 is 15.7 Å². The molecule has 42 heavy (non-hydrogen) atoms. The number of halogens is 3. The van der Waals surface area contributed by atoms with E-state index in [0.717, 1.165) is 24.8 Å². The van der Waals surface area contributed by atoms with Gasteiger partial charge in [-0.05, 0) is 92.1 Å². The van der Waals surface area contributed by atoms with E-state index in [4.69, 9.17) is 0 Å². The van der Waals surface area contributed by atoms with Gasteiger partial charge in [-0.2, -0.15) is 4.80 Å². The van der Waals surface area contributed by atoms with Crippen LogP contribution in [0.4, 0.5) is 13.2 Å². The standard InChI is InChI=1S/C27H31F3N6O5S/c28-27(29,30)41-22-10-6-20(7-11-22)24-31-34-36(32-24)16-2-1-3-19-4-12-23(13-5-19)42(39,40)26(25(37)33-38)14-17-35(18-15-26)21-8-9-21/h4-7,10-13,21,38H,1-3,8-9,14-18H2,(H,33,37). The van der Waals surface area contributed by atoms with Gasteiger partial charge in [-0.25, -0.2) is 13.9 Å². The van der Waals surface area contributed by atoms with Crippen molar-refractivity contribution in [1.82, 2.24) is 30.6 Å². The van der Waals surface area contributed by atoms with Crippen molar-refractivity contribution in [2.75, 3.05) is 13.1 Å². The van der Waals surface area contributed by atoms with E-state index in [2.05, 4.69) is 25.0 Å². The predicted molar refractivity (Wildman–Crippen MR) is 143 cm³/mol. The normalized spacial score (nSPS) is 17.6. The van der Waals surface area contributed by atoms with Crippen molar-refractivity contribution in [3.63, 3.8) is 0 Å². The van der Waals surface area contributed by atoms with Crippen LogP contribution >= 0.6 is 0 Å². The molecule has 0 atom stereocenters. The highest BCUT2D eigenvalue weighted by atomic mass is 32.2. The van der Waals surface area contributed by atoms with Gasteiger partial charge in [0.1, 0.15) is 5.75 Å². The van der Waals surface area contributed by atoms with Crippen molar-refractivity contribution in [2.45, 2.75) is 73.5 Å². The lowest BCUT2D eigenvalue weighted by Gasteiger charge is -2.39. The van der Waals surface area contributed by atoms with E-state index in [1.807, 2.05) is 0 Å². The number of ether oxygens (including phenoxy) is 1. The van der Waals surface area contributed by atoms with Crippen molar-refractivity contribution in [3.05, 3.63) is 54.1 Å². The van der Waals surface area contributed by atoms with Crippen LogP contribution < -0.4 is 10.2 Å². The first kappa shape index (κ1) is 29.9. The van der Waals surface area contributed by atoms with Crippen LogP contribution in [0.15, 0.2) is 53.4 Å². The maximum absolute atomic E-state index is 13.6. The lowest BCUT2D eigenvalue weighted by atomic mass is 9.94. The second-order valence-corrected chi connectivity index (χ2v) is 12.8. The van der Waals surface area contributed by atoms with Gasteiger partial charge in [0.05, 0.1) is 11.4 Å². The molecule has 1 saturated carbocycles. The number of alkyl halides is 3. The van der Waals surface area contributed by atoms with Gasteiger partial charge in [-0.1, -0.05) is 12.1 Å². The number of piperidine rings is 1. The molecular formula is C27H31F3N6O5S. The molecule has 3 aromatic rings. The summed E-state index contributed by atoms with van der Waals surface area (Å²) in [5.74, 6) is -0.954.